The Kier molecular flexibility index (Phi) is 7.19. The van der Waals surface area contributed by atoms with E-state index in [0.29, 0.717) is 17.3 Å². The maximum atomic E-state index is 14.2. The van der Waals surface area contributed by atoms with Crippen LogP contribution in [0, 0.1) is 17.5 Å². The highest BCUT2D eigenvalue weighted by molar-refractivity contribution is 6.31. The van der Waals surface area contributed by atoms with Crippen LogP contribution in [-0.4, -0.2) is 29.0 Å². The zero-order chi connectivity index (χ0) is 20.8. The molecule has 0 aliphatic heterocycles. The third kappa shape index (κ3) is 4.71. The van der Waals surface area contributed by atoms with Crippen LogP contribution in [0.1, 0.15) is 18.1 Å². The zero-order valence-electron chi connectivity index (χ0n) is 14.5. The quantitative estimate of drug-likeness (QED) is 0.183. The van der Waals surface area contributed by atoms with Crippen molar-refractivity contribution in [3.05, 3.63) is 69.5 Å². The summed E-state index contributed by atoms with van der Waals surface area (Å²) in [5.41, 5.74) is -0.444. The highest BCUT2D eigenvalue weighted by Gasteiger charge is 2.24. The molecule has 0 amide bonds. The fourth-order valence-corrected chi connectivity index (χ4v) is 2.33. The van der Waals surface area contributed by atoms with E-state index in [0.717, 1.165) is 6.21 Å². The fourth-order valence-electron chi connectivity index (χ4n) is 2.14. The molecule has 0 aliphatic carbocycles. The molecule has 2 N–H and O–H groups in total. The van der Waals surface area contributed by atoms with Crippen LogP contribution in [0.15, 0.2) is 40.9 Å². The zero-order valence-corrected chi connectivity index (χ0v) is 15.3. The molecule has 0 bridgehead atoms. The van der Waals surface area contributed by atoms with Gasteiger partial charge in [0.2, 0.25) is 0 Å². The van der Waals surface area contributed by atoms with Crippen molar-refractivity contribution in [3.8, 4) is 0 Å². The Bertz CT molecular complexity index is 943. The lowest BCUT2D eigenvalue weighted by Crippen LogP contribution is -2.12. The minimum Gasteiger partial charge on any atom is -0.506 e. The summed E-state index contributed by atoms with van der Waals surface area (Å²) in [6, 6.07) is 6.58. The first-order valence-corrected chi connectivity index (χ1v) is 8.35. The molecule has 0 radical (unpaired) electrons. The number of carbonyl (C=O) groups excluding carboxylic acids is 1. The number of benzene rings is 2. The van der Waals surface area contributed by atoms with Crippen molar-refractivity contribution in [1.82, 2.24) is 0 Å². The first-order valence-electron chi connectivity index (χ1n) is 7.97. The molecule has 2 aromatic carbocycles. The van der Waals surface area contributed by atoms with Crippen molar-refractivity contribution < 1.29 is 32.9 Å². The van der Waals surface area contributed by atoms with Crippen molar-refractivity contribution in [2.75, 3.05) is 6.61 Å². The molecule has 0 saturated carbocycles. The molecule has 0 fully saturated rings. The number of hydrogen-bond donors (Lipinski definition) is 2. The summed E-state index contributed by atoms with van der Waals surface area (Å²) in [4.78, 5) is 16.1. The van der Waals surface area contributed by atoms with Crippen molar-refractivity contribution in [2.45, 2.75) is 13.5 Å². The van der Waals surface area contributed by atoms with Crippen LogP contribution in [0.3, 0.4) is 0 Å². The number of esters is 1. The molecule has 0 aromatic heterocycles. The van der Waals surface area contributed by atoms with Crippen LogP contribution in [-0.2, 0) is 16.1 Å². The van der Waals surface area contributed by atoms with Crippen molar-refractivity contribution in [2.24, 2.45) is 4.99 Å². The average molecular weight is 414 g/mol. The third-order valence-corrected chi connectivity index (χ3v) is 3.90. The smallest absolute Gasteiger partial charge is 0.343 e. The van der Waals surface area contributed by atoms with E-state index in [9.17, 15) is 23.1 Å². The minimum atomic E-state index is -1.62. The van der Waals surface area contributed by atoms with Gasteiger partial charge >= 0.3 is 5.97 Å². The Balaban J connectivity index is 2.55. The molecule has 0 saturated heterocycles. The Morgan fingerprint density at radius 2 is 1.86 bits per heavy atom. The number of aliphatic hydroxyl groups is 2. The van der Waals surface area contributed by atoms with Crippen LogP contribution >= 0.6 is 11.6 Å². The van der Waals surface area contributed by atoms with Crippen LogP contribution < -0.4 is 0 Å². The highest BCUT2D eigenvalue weighted by Crippen LogP contribution is 2.29. The first kappa shape index (κ1) is 21.5. The molecule has 9 heteroatoms. The molecular weight excluding hydrogens is 399 g/mol. The van der Waals surface area contributed by atoms with Gasteiger partial charge < -0.3 is 14.9 Å². The summed E-state index contributed by atoms with van der Waals surface area (Å²) in [6.45, 7) is 1.27. The summed E-state index contributed by atoms with van der Waals surface area (Å²) >= 11 is 5.39. The van der Waals surface area contributed by atoms with Gasteiger partial charge in [0.05, 0.1) is 24.5 Å². The van der Waals surface area contributed by atoms with Crippen molar-refractivity contribution in [1.29, 1.82) is 0 Å². The second-order valence-corrected chi connectivity index (χ2v) is 5.79. The van der Waals surface area contributed by atoms with Crippen LogP contribution in [0.25, 0.3) is 5.76 Å². The van der Waals surface area contributed by atoms with Gasteiger partial charge in [-0.2, -0.15) is 0 Å². The lowest BCUT2D eigenvalue weighted by atomic mass is 10.1. The number of ether oxygens (including phenoxy) is 1. The van der Waals surface area contributed by atoms with Gasteiger partial charge in [-0.15, -0.1) is 0 Å². The van der Waals surface area contributed by atoms with Crippen molar-refractivity contribution >= 4 is 35.2 Å². The van der Waals surface area contributed by atoms with Gasteiger partial charge in [0, 0.05) is 6.21 Å². The van der Waals surface area contributed by atoms with E-state index in [1.807, 2.05) is 0 Å². The molecule has 2 rings (SSSR count). The lowest BCUT2D eigenvalue weighted by Gasteiger charge is -2.09. The maximum Gasteiger partial charge on any atom is 0.343 e. The molecule has 148 valence electrons. The molecule has 0 atom stereocenters. The predicted octanol–water partition coefficient (Wildman–Crippen LogP) is 4.48. The van der Waals surface area contributed by atoms with Crippen LogP contribution in [0.5, 0.6) is 0 Å². The van der Waals surface area contributed by atoms with Gasteiger partial charge in [0.15, 0.2) is 17.5 Å². The highest BCUT2D eigenvalue weighted by atomic mass is 35.5. The van der Waals surface area contributed by atoms with Crippen LogP contribution in [0.2, 0.25) is 5.02 Å². The summed E-state index contributed by atoms with van der Waals surface area (Å²) in [7, 11) is 0. The molecule has 28 heavy (non-hydrogen) atoms. The maximum absolute atomic E-state index is 14.2. The van der Waals surface area contributed by atoms with E-state index in [2.05, 4.69) is 4.99 Å². The Morgan fingerprint density at radius 3 is 2.43 bits per heavy atom. The predicted molar refractivity (Wildman–Crippen MR) is 98.0 cm³/mol. The normalized spacial score (nSPS) is 12.2. The van der Waals surface area contributed by atoms with E-state index in [4.69, 9.17) is 21.4 Å². The lowest BCUT2D eigenvalue weighted by molar-refractivity contribution is -0.137. The second kappa shape index (κ2) is 9.38. The molecule has 2 aromatic rings. The Morgan fingerprint density at radius 1 is 1.21 bits per heavy atom. The Labute approximate surface area is 163 Å². The van der Waals surface area contributed by atoms with Gasteiger partial charge in [0.25, 0.3) is 0 Å². The van der Waals surface area contributed by atoms with E-state index < -0.39 is 45.3 Å². The number of halogens is 4. The Hall–Kier alpha value is -2.84. The number of rotatable bonds is 6. The van der Waals surface area contributed by atoms with Crippen molar-refractivity contribution in [3.63, 3.8) is 0 Å². The number of hydrogen-bond acceptors (Lipinski definition) is 5. The van der Waals surface area contributed by atoms with E-state index in [-0.39, 0.29) is 13.2 Å². The topological polar surface area (TPSA) is 79.1 Å². The van der Waals surface area contributed by atoms with Gasteiger partial charge in [-0.05, 0) is 30.7 Å². The SMILES string of the molecule is CCOC(=O)/C(C=Nc1ccc(CO)cc1)=C(\O)c1cc(F)c(F)c(Cl)c1F. The van der Waals surface area contributed by atoms with E-state index >= 15 is 0 Å². The number of aliphatic hydroxyl groups excluding tert-OH is 2. The second-order valence-electron chi connectivity index (χ2n) is 5.41. The molecule has 0 unspecified atom stereocenters. The largest absolute Gasteiger partial charge is 0.506 e. The summed E-state index contributed by atoms with van der Waals surface area (Å²) < 4.78 is 45.9. The van der Waals surface area contributed by atoms with Gasteiger partial charge in [-0.1, -0.05) is 23.7 Å². The molecular formula is C19H15ClF3NO4. The minimum absolute atomic E-state index is 0.0599. The van der Waals surface area contributed by atoms with E-state index in [1.54, 1.807) is 12.1 Å². The van der Waals surface area contributed by atoms with Crippen LogP contribution in [0.4, 0.5) is 18.9 Å². The molecule has 5 nitrogen and oxygen atoms in total. The van der Waals surface area contributed by atoms with Gasteiger partial charge in [-0.25, -0.2) is 18.0 Å². The number of carbonyl (C=O) groups is 1. The summed E-state index contributed by atoms with van der Waals surface area (Å²) in [5.74, 6) is -6.65. The molecule has 0 spiro atoms. The monoisotopic (exact) mass is 413 g/mol. The van der Waals surface area contributed by atoms with Gasteiger partial charge in [-0.3, -0.25) is 4.99 Å². The number of aliphatic imine (C=N–C) groups is 1. The standard InChI is InChI=1S/C19H15ClF3NO4/c1-2-28-19(27)13(8-24-11-5-3-10(9-25)4-6-11)18(26)12-7-14(21)17(23)15(20)16(12)22/h3-8,25-26H,2,9H2,1H3/b18-13-,24-8?. The first-order chi connectivity index (χ1) is 13.3. The number of nitrogens with zero attached hydrogens (tertiary/aromatic N) is 1. The molecule has 0 aliphatic rings. The third-order valence-electron chi connectivity index (χ3n) is 3.57. The van der Waals surface area contributed by atoms with E-state index in [1.165, 1.54) is 19.1 Å². The molecule has 0 heterocycles. The summed E-state index contributed by atoms with van der Waals surface area (Å²) in [5, 5.41) is 18.2. The van der Waals surface area contributed by atoms with Gasteiger partial charge in [0.1, 0.15) is 16.4 Å². The average Bonchev–Trinajstić information content (AvgIpc) is 2.69. The fraction of sp³-hybridized carbons (Fsp3) is 0.158. The summed E-state index contributed by atoms with van der Waals surface area (Å²) in [6.07, 6.45) is 0.899.